The van der Waals surface area contributed by atoms with Crippen LogP contribution in [0.2, 0.25) is 0 Å². The van der Waals surface area contributed by atoms with E-state index in [1.807, 2.05) is 6.07 Å². The Hall–Kier alpha value is -1.72. The summed E-state index contributed by atoms with van der Waals surface area (Å²) >= 11 is 0. The molecule has 2 aromatic rings. The van der Waals surface area contributed by atoms with Crippen molar-refractivity contribution in [3.63, 3.8) is 0 Å². The average molecular weight is 358 g/mol. The van der Waals surface area contributed by atoms with Gasteiger partial charge in [0.05, 0.1) is 6.20 Å². The number of nitrogens with zero attached hydrogens (tertiary/aromatic N) is 2. The molecule has 4 rings (SSSR count). The molecule has 2 saturated heterocycles. The number of halogens is 1. The molecule has 2 aliphatic heterocycles. The maximum atomic E-state index is 13.8. The number of aromatic nitrogens is 1. The topological polar surface area (TPSA) is 38.5 Å². The quantitative estimate of drug-likeness (QED) is 0.809. The molecule has 0 radical (unpaired) electrons. The zero-order chi connectivity index (χ0) is 17.8. The summed E-state index contributed by atoms with van der Waals surface area (Å²) in [5, 5.41) is 0. The van der Waals surface area contributed by atoms with Crippen LogP contribution < -0.4 is 0 Å². The van der Waals surface area contributed by atoms with Crippen molar-refractivity contribution in [2.75, 3.05) is 32.8 Å². The van der Waals surface area contributed by atoms with E-state index in [0.717, 1.165) is 56.8 Å². The van der Waals surface area contributed by atoms with Crippen LogP contribution in [0.4, 0.5) is 4.39 Å². The molecule has 1 atom stereocenters. The fourth-order valence-electron chi connectivity index (χ4n) is 4.14. The zero-order valence-corrected chi connectivity index (χ0v) is 15.2. The molecule has 1 aromatic carbocycles. The van der Waals surface area contributed by atoms with Crippen molar-refractivity contribution in [3.8, 4) is 0 Å². The van der Waals surface area contributed by atoms with Crippen molar-refractivity contribution in [2.24, 2.45) is 5.92 Å². The minimum atomic E-state index is -0.189. The summed E-state index contributed by atoms with van der Waals surface area (Å²) in [6.07, 6.45) is 6.86. The second-order valence-electron chi connectivity index (χ2n) is 7.59. The van der Waals surface area contributed by atoms with Gasteiger partial charge in [0.25, 0.3) is 0 Å². The first-order chi connectivity index (χ1) is 12.8. The average Bonchev–Trinajstić information content (AvgIpc) is 3.13. The van der Waals surface area contributed by atoms with Gasteiger partial charge in [-0.3, -0.25) is 0 Å². The SMILES string of the molecule is Fc1ccccc1Cc1cnc([C@@H]2CCCN(CC3CCOCC3)C2)o1. The van der Waals surface area contributed by atoms with E-state index in [1.54, 1.807) is 18.3 Å². The third-order valence-electron chi connectivity index (χ3n) is 5.61. The first-order valence-corrected chi connectivity index (χ1v) is 9.76. The minimum Gasteiger partial charge on any atom is -0.445 e. The third kappa shape index (κ3) is 4.33. The maximum absolute atomic E-state index is 13.8. The summed E-state index contributed by atoms with van der Waals surface area (Å²) in [6, 6.07) is 6.85. The summed E-state index contributed by atoms with van der Waals surface area (Å²) in [5.74, 6) is 2.46. The van der Waals surface area contributed by atoms with E-state index >= 15 is 0 Å². The van der Waals surface area contributed by atoms with Crippen molar-refractivity contribution in [1.82, 2.24) is 9.88 Å². The van der Waals surface area contributed by atoms with Gasteiger partial charge in [-0.05, 0) is 49.8 Å². The number of piperidine rings is 1. The third-order valence-corrected chi connectivity index (χ3v) is 5.61. The zero-order valence-electron chi connectivity index (χ0n) is 15.2. The second-order valence-corrected chi connectivity index (χ2v) is 7.59. The van der Waals surface area contributed by atoms with Crippen molar-refractivity contribution in [3.05, 3.63) is 53.5 Å². The monoisotopic (exact) mass is 358 g/mol. The number of hydrogen-bond acceptors (Lipinski definition) is 4. The van der Waals surface area contributed by atoms with Crippen molar-refractivity contribution < 1.29 is 13.5 Å². The van der Waals surface area contributed by atoms with Crippen LogP contribution in [-0.4, -0.2) is 42.7 Å². The van der Waals surface area contributed by atoms with Gasteiger partial charge >= 0.3 is 0 Å². The van der Waals surface area contributed by atoms with E-state index in [-0.39, 0.29) is 5.82 Å². The largest absolute Gasteiger partial charge is 0.445 e. The fourth-order valence-corrected chi connectivity index (χ4v) is 4.14. The second kappa shape index (κ2) is 8.31. The molecule has 2 fully saturated rings. The van der Waals surface area contributed by atoms with Gasteiger partial charge < -0.3 is 14.1 Å². The summed E-state index contributed by atoms with van der Waals surface area (Å²) in [4.78, 5) is 7.07. The smallest absolute Gasteiger partial charge is 0.198 e. The number of rotatable bonds is 5. The number of ether oxygens (including phenoxy) is 1. The predicted molar refractivity (Wildman–Crippen MR) is 97.7 cm³/mol. The lowest BCUT2D eigenvalue weighted by molar-refractivity contribution is 0.0474. The van der Waals surface area contributed by atoms with Crippen LogP contribution in [0.3, 0.4) is 0 Å². The van der Waals surface area contributed by atoms with E-state index in [2.05, 4.69) is 9.88 Å². The Morgan fingerprint density at radius 2 is 2.00 bits per heavy atom. The van der Waals surface area contributed by atoms with Crippen molar-refractivity contribution in [2.45, 2.75) is 38.0 Å². The highest BCUT2D eigenvalue weighted by Crippen LogP contribution is 2.29. The molecule has 0 amide bonds. The van der Waals surface area contributed by atoms with Crippen LogP contribution in [0, 0.1) is 11.7 Å². The minimum absolute atomic E-state index is 0.189. The number of oxazole rings is 1. The molecule has 4 nitrogen and oxygen atoms in total. The van der Waals surface area contributed by atoms with Gasteiger partial charge in [-0.25, -0.2) is 9.37 Å². The Balaban J connectivity index is 1.36. The predicted octanol–water partition coefficient (Wildman–Crippen LogP) is 4.01. The summed E-state index contributed by atoms with van der Waals surface area (Å²) in [5.41, 5.74) is 0.653. The first-order valence-electron chi connectivity index (χ1n) is 9.76. The lowest BCUT2D eigenvalue weighted by Crippen LogP contribution is -2.39. The number of benzene rings is 1. The van der Waals surface area contributed by atoms with E-state index in [1.165, 1.54) is 25.3 Å². The summed E-state index contributed by atoms with van der Waals surface area (Å²) in [7, 11) is 0. The molecular formula is C21H27FN2O2. The fraction of sp³-hybridized carbons (Fsp3) is 0.571. The Bertz CT molecular complexity index is 712. The highest BCUT2D eigenvalue weighted by molar-refractivity contribution is 5.21. The van der Waals surface area contributed by atoms with E-state index in [9.17, 15) is 4.39 Å². The van der Waals surface area contributed by atoms with Gasteiger partial charge in [-0.15, -0.1) is 0 Å². The molecule has 0 saturated carbocycles. The summed E-state index contributed by atoms with van der Waals surface area (Å²) in [6.45, 7) is 5.14. The molecule has 26 heavy (non-hydrogen) atoms. The van der Waals surface area contributed by atoms with Gasteiger partial charge in [0, 0.05) is 38.6 Å². The highest BCUT2D eigenvalue weighted by atomic mass is 19.1. The lowest BCUT2D eigenvalue weighted by atomic mass is 9.94. The number of hydrogen-bond donors (Lipinski definition) is 0. The Labute approximate surface area is 154 Å². The van der Waals surface area contributed by atoms with E-state index < -0.39 is 0 Å². The molecular weight excluding hydrogens is 331 g/mol. The molecule has 0 bridgehead atoms. The molecule has 0 spiro atoms. The molecule has 5 heteroatoms. The summed E-state index contributed by atoms with van der Waals surface area (Å²) < 4.78 is 25.3. The maximum Gasteiger partial charge on any atom is 0.198 e. The van der Waals surface area contributed by atoms with Crippen LogP contribution in [0.5, 0.6) is 0 Å². The van der Waals surface area contributed by atoms with Crippen LogP contribution in [-0.2, 0) is 11.2 Å². The standard InChI is InChI=1S/C21H27FN2O2/c22-20-6-2-1-4-17(20)12-19-13-23-21(26-19)18-5-3-9-24(15-18)14-16-7-10-25-11-8-16/h1-2,4,6,13,16,18H,3,5,7-12,14-15H2/t18-/m1/s1. The highest BCUT2D eigenvalue weighted by Gasteiger charge is 2.27. The van der Waals surface area contributed by atoms with Crippen LogP contribution in [0.15, 0.2) is 34.9 Å². The molecule has 0 N–H and O–H groups in total. The molecule has 1 aromatic heterocycles. The first kappa shape index (κ1) is 17.7. The van der Waals surface area contributed by atoms with Gasteiger partial charge in [0.2, 0.25) is 0 Å². The van der Waals surface area contributed by atoms with Crippen LogP contribution in [0.1, 0.15) is 48.8 Å². The number of likely N-dealkylation sites (tertiary alicyclic amines) is 1. The van der Waals surface area contributed by atoms with Gasteiger partial charge in [0.15, 0.2) is 5.89 Å². The Morgan fingerprint density at radius 1 is 1.15 bits per heavy atom. The Morgan fingerprint density at radius 3 is 2.85 bits per heavy atom. The van der Waals surface area contributed by atoms with Crippen molar-refractivity contribution in [1.29, 1.82) is 0 Å². The van der Waals surface area contributed by atoms with E-state index in [0.29, 0.717) is 17.9 Å². The van der Waals surface area contributed by atoms with E-state index in [4.69, 9.17) is 9.15 Å². The van der Waals surface area contributed by atoms with Gasteiger partial charge in [-0.1, -0.05) is 18.2 Å². The lowest BCUT2D eigenvalue weighted by Gasteiger charge is -2.35. The molecule has 140 valence electrons. The Kier molecular flexibility index (Phi) is 5.65. The normalized spacial score (nSPS) is 22.6. The van der Waals surface area contributed by atoms with Crippen LogP contribution >= 0.6 is 0 Å². The molecule has 0 aliphatic carbocycles. The molecule has 0 unspecified atom stereocenters. The van der Waals surface area contributed by atoms with Gasteiger partial charge in [-0.2, -0.15) is 0 Å². The van der Waals surface area contributed by atoms with Gasteiger partial charge in [0.1, 0.15) is 11.6 Å². The molecule has 3 heterocycles. The molecule has 2 aliphatic rings. The van der Waals surface area contributed by atoms with Crippen LogP contribution in [0.25, 0.3) is 0 Å². The van der Waals surface area contributed by atoms with Crippen molar-refractivity contribution >= 4 is 0 Å².